The number of fused-ring (bicyclic) bond motifs is 2. The Morgan fingerprint density at radius 3 is 2.56 bits per heavy atom. The first kappa shape index (κ1) is 18.4. The third-order valence-electron chi connectivity index (χ3n) is 5.70. The van der Waals surface area contributed by atoms with Gasteiger partial charge in [-0.2, -0.15) is 5.10 Å². The van der Waals surface area contributed by atoms with Crippen molar-refractivity contribution in [2.75, 3.05) is 0 Å². The number of halogens is 1. The van der Waals surface area contributed by atoms with Gasteiger partial charge < -0.3 is 4.98 Å². The van der Waals surface area contributed by atoms with E-state index in [0.717, 1.165) is 61.1 Å². The lowest BCUT2D eigenvalue weighted by molar-refractivity contribution is 0.627. The molecule has 6 aromatic rings. The molecule has 6 rings (SSSR count). The van der Waals surface area contributed by atoms with Crippen LogP contribution in [0.1, 0.15) is 5.56 Å². The summed E-state index contributed by atoms with van der Waals surface area (Å²) in [6.45, 7) is 1.90. The zero-order valence-electron chi connectivity index (χ0n) is 17.2. The third kappa shape index (κ3) is 3.04. The second-order valence-electron chi connectivity index (χ2n) is 7.89. The molecule has 0 aliphatic rings. The molecule has 0 saturated heterocycles. The number of hydrogen-bond acceptors (Lipinski definition) is 3. The summed E-state index contributed by atoms with van der Waals surface area (Å²) in [6.07, 6.45) is 5.31. The average Bonchev–Trinajstić information content (AvgIpc) is 3.42. The molecule has 2 aromatic carbocycles. The van der Waals surface area contributed by atoms with Gasteiger partial charge in [-0.1, -0.05) is 18.2 Å². The second-order valence-corrected chi connectivity index (χ2v) is 7.89. The van der Waals surface area contributed by atoms with Crippen molar-refractivity contribution in [3.8, 4) is 33.8 Å². The number of nitrogens with zero attached hydrogens (tertiary/aromatic N) is 3. The number of nitrogens with one attached hydrogen (secondary N) is 2. The van der Waals surface area contributed by atoms with Crippen molar-refractivity contribution in [3.05, 3.63) is 90.6 Å². The fraction of sp³-hybridized carbons (Fsp3) is 0.0385. The van der Waals surface area contributed by atoms with Crippen LogP contribution in [-0.2, 0) is 0 Å². The van der Waals surface area contributed by atoms with E-state index in [-0.39, 0.29) is 5.82 Å². The summed E-state index contributed by atoms with van der Waals surface area (Å²) in [4.78, 5) is 12.1. The monoisotopic (exact) mass is 419 g/mol. The number of benzene rings is 2. The van der Waals surface area contributed by atoms with Crippen molar-refractivity contribution >= 4 is 21.8 Å². The quantitative estimate of drug-likeness (QED) is 0.354. The van der Waals surface area contributed by atoms with E-state index in [1.54, 1.807) is 24.7 Å². The Kier molecular flexibility index (Phi) is 4.11. The van der Waals surface area contributed by atoms with E-state index in [2.05, 4.69) is 31.2 Å². The van der Waals surface area contributed by atoms with Gasteiger partial charge in [-0.3, -0.25) is 15.1 Å². The van der Waals surface area contributed by atoms with Gasteiger partial charge in [0.15, 0.2) is 0 Å². The van der Waals surface area contributed by atoms with E-state index < -0.39 is 0 Å². The van der Waals surface area contributed by atoms with Crippen molar-refractivity contribution in [2.45, 2.75) is 6.92 Å². The molecular formula is C26H18FN5. The van der Waals surface area contributed by atoms with E-state index in [0.29, 0.717) is 0 Å². The lowest BCUT2D eigenvalue weighted by atomic mass is 9.99. The largest absolute Gasteiger partial charge is 0.353 e. The van der Waals surface area contributed by atoms with Crippen LogP contribution >= 0.6 is 0 Å². The van der Waals surface area contributed by atoms with Crippen LogP contribution in [0.4, 0.5) is 4.39 Å². The van der Waals surface area contributed by atoms with Gasteiger partial charge in [0, 0.05) is 34.2 Å². The average molecular weight is 419 g/mol. The lowest BCUT2D eigenvalue weighted by Gasteiger charge is -2.05. The molecular weight excluding hydrogens is 401 g/mol. The predicted molar refractivity (Wildman–Crippen MR) is 125 cm³/mol. The summed E-state index contributed by atoms with van der Waals surface area (Å²) < 4.78 is 14.1. The van der Waals surface area contributed by atoms with Crippen LogP contribution in [0.2, 0.25) is 0 Å². The van der Waals surface area contributed by atoms with Crippen molar-refractivity contribution < 1.29 is 4.39 Å². The zero-order chi connectivity index (χ0) is 21.7. The molecule has 2 N–H and O–H groups in total. The molecule has 0 spiro atoms. The van der Waals surface area contributed by atoms with Gasteiger partial charge >= 0.3 is 0 Å². The lowest BCUT2D eigenvalue weighted by Crippen LogP contribution is -1.84. The molecule has 0 saturated carbocycles. The van der Waals surface area contributed by atoms with Gasteiger partial charge in [0.2, 0.25) is 0 Å². The highest BCUT2D eigenvalue weighted by atomic mass is 19.1. The molecule has 6 heteroatoms. The maximum atomic E-state index is 14.1. The Hall–Kier alpha value is -4.32. The number of aromatic nitrogens is 5. The van der Waals surface area contributed by atoms with Crippen LogP contribution in [0.5, 0.6) is 0 Å². The van der Waals surface area contributed by atoms with Gasteiger partial charge in [-0.25, -0.2) is 4.39 Å². The van der Waals surface area contributed by atoms with Gasteiger partial charge in [-0.15, -0.1) is 0 Å². The minimum Gasteiger partial charge on any atom is -0.353 e. The van der Waals surface area contributed by atoms with Crippen LogP contribution in [0.25, 0.3) is 55.6 Å². The Labute approximate surface area is 183 Å². The first-order valence-electron chi connectivity index (χ1n) is 10.3. The fourth-order valence-electron chi connectivity index (χ4n) is 4.23. The standard InChI is InChI=1S/C26H18FN5/c1-15-9-17(11-18(27)10-15)19-3-2-4-22-20(19)12-24(30-22)26-21-13-23(16-5-7-28-8-6-16)29-14-25(21)31-32-26/h2-14,30H,1H3,(H,31,32). The Morgan fingerprint density at radius 1 is 0.844 bits per heavy atom. The zero-order valence-corrected chi connectivity index (χ0v) is 17.2. The summed E-state index contributed by atoms with van der Waals surface area (Å²) in [5, 5.41) is 9.63. The summed E-state index contributed by atoms with van der Waals surface area (Å²) in [6, 6.07) is 19.1. The third-order valence-corrected chi connectivity index (χ3v) is 5.70. The first-order valence-corrected chi connectivity index (χ1v) is 10.3. The molecule has 4 heterocycles. The van der Waals surface area contributed by atoms with Gasteiger partial charge in [0.25, 0.3) is 0 Å². The van der Waals surface area contributed by atoms with Crippen LogP contribution in [0.3, 0.4) is 0 Å². The number of pyridine rings is 2. The van der Waals surface area contributed by atoms with Crippen molar-refractivity contribution in [3.63, 3.8) is 0 Å². The summed E-state index contributed by atoms with van der Waals surface area (Å²) in [5.41, 5.74) is 8.11. The van der Waals surface area contributed by atoms with E-state index in [1.807, 2.05) is 49.4 Å². The first-order chi connectivity index (χ1) is 15.7. The topological polar surface area (TPSA) is 70.2 Å². The molecule has 0 unspecified atom stereocenters. The Morgan fingerprint density at radius 2 is 1.72 bits per heavy atom. The molecule has 0 fully saturated rings. The van der Waals surface area contributed by atoms with Crippen molar-refractivity contribution in [1.82, 2.24) is 25.1 Å². The van der Waals surface area contributed by atoms with E-state index >= 15 is 0 Å². The van der Waals surface area contributed by atoms with Crippen molar-refractivity contribution in [2.24, 2.45) is 0 Å². The molecule has 4 aromatic heterocycles. The number of hydrogen-bond donors (Lipinski definition) is 2. The number of aromatic amines is 2. The molecule has 0 amide bonds. The van der Waals surface area contributed by atoms with E-state index in [1.165, 1.54) is 6.07 Å². The predicted octanol–water partition coefficient (Wildman–Crippen LogP) is 6.28. The van der Waals surface area contributed by atoms with E-state index in [4.69, 9.17) is 0 Å². The molecule has 154 valence electrons. The van der Waals surface area contributed by atoms with Crippen LogP contribution in [0.15, 0.2) is 79.3 Å². The Balaban J connectivity index is 1.52. The SMILES string of the molecule is Cc1cc(F)cc(-c2cccc3[nH]c(-c4n[nH]c5cnc(-c6ccncc6)cc45)cc23)c1. The maximum absolute atomic E-state index is 14.1. The van der Waals surface area contributed by atoms with Crippen molar-refractivity contribution in [1.29, 1.82) is 0 Å². The van der Waals surface area contributed by atoms with Crippen LogP contribution < -0.4 is 0 Å². The smallest absolute Gasteiger partial charge is 0.124 e. The normalized spacial score (nSPS) is 11.4. The molecule has 0 aliphatic carbocycles. The molecule has 0 radical (unpaired) electrons. The maximum Gasteiger partial charge on any atom is 0.124 e. The molecule has 0 atom stereocenters. The minimum atomic E-state index is -0.234. The second kappa shape index (κ2) is 7.13. The molecule has 32 heavy (non-hydrogen) atoms. The van der Waals surface area contributed by atoms with E-state index in [9.17, 15) is 4.39 Å². The highest BCUT2D eigenvalue weighted by Crippen LogP contribution is 2.35. The highest BCUT2D eigenvalue weighted by Gasteiger charge is 2.15. The van der Waals surface area contributed by atoms with Gasteiger partial charge in [0.05, 0.1) is 23.1 Å². The number of H-pyrrole nitrogens is 2. The fourth-order valence-corrected chi connectivity index (χ4v) is 4.23. The van der Waals surface area contributed by atoms with Crippen LogP contribution in [-0.4, -0.2) is 25.1 Å². The van der Waals surface area contributed by atoms with Gasteiger partial charge in [0.1, 0.15) is 11.5 Å². The molecule has 0 bridgehead atoms. The number of aryl methyl sites for hydroxylation is 1. The highest BCUT2D eigenvalue weighted by molar-refractivity contribution is 6.01. The van der Waals surface area contributed by atoms with Gasteiger partial charge in [-0.05, 0) is 66.1 Å². The Bertz CT molecular complexity index is 1580. The molecule has 0 aliphatic heterocycles. The van der Waals surface area contributed by atoms with Crippen LogP contribution in [0, 0.1) is 12.7 Å². The molecule has 5 nitrogen and oxygen atoms in total. The summed E-state index contributed by atoms with van der Waals surface area (Å²) in [5.74, 6) is -0.234. The summed E-state index contributed by atoms with van der Waals surface area (Å²) >= 11 is 0. The minimum absolute atomic E-state index is 0.234. The number of rotatable bonds is 3. The summed E-state index contributed by atoms with van der Waals surface area (Å²) in [7, 11) is 0.